The quantitative estimate of drug-likeness (QED) is 0.586. The average Bonchev–Trinajstić information content (AvgIpc) is 3.09. The second-order valence-electron chi connectivity index (χ2n) is 8.23. The number of nitrogens with one attached hydrogen (secondary N) is 3. The van der Waals surface area contributed by atoms with Crippen LogP contribution in [-0.4, -0.2) is 38.5 Å². The topological polar surface area (TPSA) is 96.8 Å². The molecule has 0 atom stereocenters. The molecule has 0 bridgehead atoms. The predicted molar refractivity (Wildman–Crippen MR) is 113 cm³/mol. The Morgan fingerprint density at radius 3 is 2.84 bits per heavy atom. The van der Waals surface area contributed by atoms with Gasteiger partial charge in [-0.2, -0.15) is 0 Å². The van der Waals surface area contributed by atoms with Gasteiger partial charge in [0, 0.05) is 62.5 Å². The summed E-state index contributed by atoms with van der Waals surface area (Å²) in [7, 11) is 1.92. The van der Waals surface area contributed by atoms with Gasteiger partial charge >= 0.3 is 0 Å². The molecule has 0 spiro atoms. The number of rotatable bonds is 2. The van der Waals surface area contributed by atoms with Crippen molar-refractivity contribution in [2.75, 3.05) is 18.4 Å². The van der Waals surface area contributed by atoms with Crippen molar-refractivity contribution in [1.82, 2.24) is 30.2 Å². The van der Waals surface area contributed by atoms with Crippen LogP contribution < -0.4 is 16.0 Å². The summed E-state index contributed by atoms with van der Waals surface area (Å²) in [5, 5.41) is 9.34. The Labute approximate surface area is 178 Å². The molecule has 2 aliphatic heterocycles. The number of nitrogens with zero attached hydrogens (tertiary/aromatic N) is 4. The number of hydrogen-bond acceptors (Lipinski definition) is 6. The van der Waals surface area contributed by atoms with Crippen LogP contribution in [0.2, 0.25) is 0 Å². The Morgan fingerprint density at radius 1 is 1.03 bits per heavy atom. The van der Waals surface area contributed by atoms with Crippen LogP contribution in [0.5, 0.6) is 0 Å². The normalized spacial score (nSPS) is 16.6. The van der Waals surface area contributed by atoms with Crippen LogP contribution in [0.1, 0.15) is 38.4 Å². The SMILES string of the molecule is Cn1c2c(c3c1-c1c(cnc(Nc4ncnc5c4CNCC5)c1F)CC3)C(=O)NCC2. The van der Waals surface area contributed by atoms with E-state index in [2.05, 4.69) is 30.9 Å². The van der Waals surface area contributed by atoms with Crippen molar-refractivity contribution in [3.8, 4) is 11.3 Å². The molecule has 3 aliphatic rings. The van der Waals surface area contributed by atoms with Crippen LogP contribution in [0.15, 0.2) is 12.5 Å². The fraction of sp³-hybridized carbons (Fsp3) is 0.364. The number of carbonyl (C=O) groups is 1. The summed E-state index contributed by atoms with van der Waals surface area (Å²) in [4.78, 5) is 25.6. The number of fused-ring (bicyclic) bond motifs is 6. The van der Waals surface area contributed by atoms with Crippen molar-refractivity contribution >= 4 is 17.5 Å². The van der Waals surface area contributed by atoms with Crippen LogP contribution in [0.25, 0.3) is 11.3 Å². The minimum atomic E-state index is -0.409. The number of amides is 1. The number of aryl methyl sites for hydroxylation is 1. The Morgan fingerprint density at radius 2 is 1.94 bits per heavy atom. The number of aromatic nitrogens is 4. The van der Waals surface area contributed by atoms with E-state index in [4.69, 9.17) is 0 Å². The standard InChI is InChI=1S/C22H22FN7O/c1-30-15-5-7-25-22(31)17(15)12-3-2-11-8-26-21(18(23)16(11)19(12)30)29-20-13-9-24-6-4-14(13)27-10-28-20/h8,10,24H,2-7,9H2,1H3,(H,25,31)(H,26,27,28,29). The summed E-state index contributed by atoms with van der Waals surface area (Å²) in [6.07, 6.45) is 6.16. The first-order chi connectivity index (χ1) is 15.1. The molecular formula is C22H22FN7O. The van der Waals surface area contributed by atoms with Crippen LogP contribution in [-0.2, 0) is 39.3 Å². The van der Waals surface area contributed by atoms with Crippen LogP contribution in [0.4, 0.5) is 16.0 Å². The molecule has 0 saturated carbocycles. The summed E-state index contributed by atoms with van der Waals surface area (Å²) in [6, 6.07) is 0. The zero-order chi connectivity index (χ0) is 21.1. The highest BCUT2D eigenvalue weighted by molar-refractivity contribution is 6.00. The molecule has 1 amide bonds. The second-order valence-corrected chi connectivity index (χ2v) is 8.23. The molecule has 3 N–H and O–H groups in total. The van der Waals surface area contributed by atoms with E-state index in [1.165, 1.54) is 6.33 Å². The number of pyridine rings is 1. The van der Waals surface area contributed by atoms with E-state index >= 15 is 4.39 Å². The lowest BCUT2D eigenvalue weighted by molar-refractivity contribution is 0.0944. The zero-order valence-corrected chi connectivity index (χ0v) is 17.2. The van der Waals surface area contributed by atoms with E-state index < -0.39 is 5.82 Å². The van der Waals surface area contributed by atoms with Crippen molar-refractivity contribution in [2.24, 2.45) is 7.05 Å². The molecule has 6 rings (SSSR count). The van der Waals surface area contributed by atoms with Crippen molar-refractivity contribution in [3.05, 3.63) is 52.0 Å². The molecule has 8 nitrogen and oxygen atoms in total. The first-order valence-corrected chi connectivity index (χ1v) is 10.6. The van der Waals surface area contributed by atoms with E-state index in [9.17, 15) is 4.79 Å². The minimum Gasteiger partial charge on any atom is -0.352 e. The smallest absolute Gasteiger partial charge is 0.253 e. The van der Waals surface area contributed by atoms with Gasteiger partial charge < -0.3 is 20.5 Å². The molecule has 0 aromatic carbocycles. The van der Waals surface area contributed by atoms with Crippen molar-refractivity contribution < 1.29 is 9.18 Å². The molecule has 0 saturated heterocycles. The molecule has 158 valence electrons. The Kier molecular flexibility index (Phi) is 4.07. The summed E-state index contributed by atoms with van der Waals surface area (Å²) in [6.45, 7) is 2.10. The van der Waals surface area contributed by atoms with Gasteiger partial charge in [-0.15, -0.1) is 0 Å². The molecule has 5 heterocycles. The van der Waals surface area contributed by atoms with Crippen molar-refractivity contribution in [3.63, 3.8) is 0 Å². The summed E-state index contributed by atoms with van der Waals surface area (Å²) < 4.78 is 17.9. The third-order valence-electron chi connectivity index (χ3n) is 6.58. The lowest BCUT2D eigenvalue weighted by Gasteiger charge is -2.22. The van der Waals surface area contributed by atoms with Crippen molar-refractivity contribution in [2.45, 2.75) is 32.2 Å². The predicted octanol–water partition coefficient (Wildman–Crippen LogP) is 1.79. The highest BCUT2D eigenvalue weighted by atomic mass is 19.1. The largest absolute Gasteiger partial charge is 0.352 e. The van der Waals surface area contributed by atoms with E-state index in [0.29, 0.717) is 37.3 Å². The average molecular weight is 419 g/mol. The fourth-order valence-electron chi connectivity index (χ4n) is 5.11. The third kappa shape index (κ3) is 2.69. The molecule has 1 aliphatic carbocycles. The zero-order valence-electron chi connectivity index (χ0n) is 17.2. The monoisotopic (exact) mass is 419 g/mol. The Hall–Kier alpha value is -3.33. The van der Waals surface area contributed by atoms with Gasteiger partial charge in [-0.3, -0.25) is 4.79 Å². The van der Waals surface area contributed by atoms with Crippen LogP contribution >= 0.6 is 0 Å². The van der Waals surface area contributed by atoms with Gasteiger partial charge in [0.15, 0.2) is 11.6 Å². The maximum Gasteiger partial charge on any atom is 0.253 e. The number of halogens is 1. The second kappa shape index (κ2) is 6.84. The molecule has 3 aromatic rings. The number of carbonyl (C=O) groups excluding carboxylic acids is 1. The summed E-state index contributed by atoms with van der Waals surface area (Å²) in [5.41, 5.74) is 6.72. The fourth-order valence-corrected chi connectivity index (χ4v) is 5.11. The number of hydrogen-bond donors (Lipinski definition) is 3. The first kappa shape index (κ1) is 18.4. The molecule has 0 unspecified atom stereocenters. The Bertz CT molecular complexity index is 1250. The molecule has 3 aromatic heterocycles. The van der Waals surface area contributed by atoms with E-state index in [1.807, 2.05) is 11.6 Å². The van der Waals surface area contributed by atoms with Crippen LogP contribution in [0, 0.1) is 5.82 Å². The first-order valence-electron chi connectivity index (χ1n) is 10.6. The van der Waals surface area contributed by atoms with Gasteiger partial charge in [-0.05, 0) is 24.0 Å². The maximum atomic E-state index is 15.9. The van der Waals surface area contributed by atoms with Gasteiger partial charge in [0.2, 0.25) is 0 Å². The molecule has 31 heavy (non-hydrogen) atoms. The van der Waals surface area contributed by atoms with Gasteiger partial charge in [-0.1, -0.05) is 0 Å². The van der Waals surface area contributed by atoms with E-state index in [1.54, 1.807) is 6.20 Å². The highest BCUT2D eigenvalue weighted by Crippen LogP contribution is 2.42. The molecule has 9 heteroatoms. The van der Waals surface area contributed by atoms with Crippen LogP contribution in [0.3, 0.4) is 0 Å². The third-order valence-corrected chi connectivity index (χ3v) is 6.58. The van der Waals surface area contributed by atoms with Gasteiger partial charge in [0.1, 0.15) is 12.1 Å². The number of anilines is 2. The molecule has 0 radical (unpaired) electrons. The summed E-state index contributed by atoms with van der Waals surface area (Å²) >= 11 is 0. The summed E-state index contributed by atoms with van der Waals surface area (Å²) in [5.74, 6) is 0.245. The van der Waals surface area contributed by atoms with Gasteiger partial charge in [0.05, 0.1) is 17.0 Å². The highest BCUT2D eigenvalue weighted by Gasteiger charge is 2.34. The lowest BCUT2D eigenvalue weighted by atomic mass is 9.88. The lowest BCUT2D eigenvalue weighted by Crippen LogP contribution is -2.32. The van der Waals surface area contributed by atoms with Gasteiger partial charge in [0.25, 0.3) is 5.91 Å². The van der Waals surface area contributed by atoms with Gasteiger partial charge in [-0.25, -0.2) is 19.3 Å². The van der Waals surface area contributed by atoms with Crippen molar-refractivity contribution in [1.29, 1.82) is 0 Å². The minimum absolute atomic E-state index is 0.0607. The molecule has 0 fully saturated rings. The maximum absolute atomic E-state index is 15.9. The van der Waals surface area contributed by atoms with E-state index in [0.717, 1.165) is 58.7 Å². The molecular weight excluding hydrogens is 397 g/mol. The van der Waals surface area contributed by atoms with E-state index in [-0.39, 0.29) is 11.7 Å². The Balaban J connectivity index is 1.48.